The number of hydrogen-bond acceptors (Lipinski definition) is 7. The van der Waals surface area contributed by atoms with Crippen LogP contribution in [0.15, 0.2) is 58.1 Å². The second kappa shape index (κ2) is 9.89. The number of methoxy groups -OCH3 is 1. The molecule has 0 saturated heterocycles. The number of ether oxygens (including phenoxy) is 2. The van der Waals surface area contributed by atoms with Crippen LogP contribution < -0.4 is 15.4 Å². The second-order valence-electron chi connectivity index (χ2n) is 7.10. The molecule has 0 radical (unpaired) electrons. The molecule has 6 nitrogen and oxygen atoms in total. The van der Waals surface area contributed by atoms with E-state index in [9.17, 15) is 4.79 Å². The van der Waals surface area contributed by atoms with E-state index in [-0.39, 0.29) is 5.97 Å². The molecule has 1 atom stereocenters. The van der Waals surface area contributed by atoms with Crippen molar-refractivity contribution in [3.63, 3.8) is 0 Å². The highest BCUT2D eigenvalue weighted by atomic mass is 32.2. The first-order valence-electron chi connectivity index (χ1n) is 10.1. The van der Waals surface area contributed by atoms with Crippen LogP contribution in [-0.4, -0.2) is 29.8 Å². The van der Waals surface area contributed by atoms with Crippen molar-refractivity contribution in [3.05, 3.63) is 64.9 Å². The van der Waals surface area contributed by atoms with Crippen LogP contribution in [0.1, 0.15) is 31.0 Å². The molecule has 0 unspecified atom stereocenters. The van der Waals surface area contributed by atoms with E-state index in [1.807, 2.05) is 37.3 Å². The van der Waals surface area contributed by atoms with Crippen molar-refractivity contribution < 1.29 is 14.3 Å². The normalized spacial score (nSPS) is 16.0. The van der Waals surface area contributed by atoms with Crippen LogP contribution in [0.5, 0.6) is 5.75 Å². The SMILES string of the molecule is CCOC(=O)C1=C(C)NC(=S)N[C@@H]1c1ccc(OC)c(CSc2nc3ccccc3s2)c1. The Morgan fingerprint density at radius 3 is 2.84 bits per heavy atom. The molecule has 2 aromatic carbocycles. The molecule has 32 heavy (non-hydrogen) atoms. The van der Waals surface area contributed by atoms with Crippen molar-refractivity contribution >= 4 is 56.6 Å². The van der Waals surface area contributed by atoms with Gasteiger partial charge in [-0.1, -0.05) is 30.0 Å². The highest BCUT2D eigenvalue weighted by molar-refractivity contribution is 8.00. The van der Waals surface area contributed by atoms with Crippen molar-refractivity contribution in [1.82, 2.24) is 15.6 Å². The summed E-state index contributed by atoms with van der Waals surface area (Å²) in [7, 11) is 1.66. The topological polar surface area (TPSA) is 72.5 Å². The van der Waals surface area contributed by atoms with Gasteiger partial charge in [-0.05, 0) is 55.9 Å². The van der Waals surface area contributed by atoms with Crippen LogP contribution in [0.3, 0.4) is 0 Å². The zero-order valence-corrected chi connectivity index (χ0v) is 20.4. The number of thioether (sulfide) groups is 1. The minimum absolute atomic E-state index is 0.305. The van der Waals surface area contributed by atoms with E-state index in [4.69, 9.17) is 26.7 Å². The molecule has 4 rings (SSSR count). The minimum atomic E-state index is -0.403. The van der Waals surface area contributed by atoms with Gasteiger partial charge in [-0.25, -0.2) is 9.78 Å². The monoisotopic (exact) mass is 485 g/mol. The molecular weight excluding hydrogens is 462 g/mol. The van der Waals surface area contributed by atoms with Gasteiger partial charge in [0.25, 0.3) is 0 Å². The third-order valence-electron chi connectivity index (χ3n) is 5.03. The highest BCUT2D eigenvalue weighted by Crippen LogP contribution is 2.36. The van der Waals surface area contributed by atoms with Crippen molar-refractivity contribution in [1.29, 1.82) is 0 Å². The fraction of sp³-hybridized carbons (Fsp3) is 0.261. The van der Waals surface area contributed by atoms with E-state index >= 15 is 0 Å². The Balaban J connectivity index is 1.63. The van der Waals surface area contributed by atoms with Crippen LogP contribution in [0.4, 0.5) is 0 Å². The maximum Gasteiger partial charge on any atom is 0.338 e. The number of thiazole rings is 1. The van der Waals surface area contributed by atoms with Gasteiger partial charge in [0.1, 0.15) is 5.75 Å². The highest BCUT2D eigenvalue weighted by Gasteiger charge is 2.31. The molecule has 0 bridgehead atoms. The number of carbonyl (C=O) groups excluding carboxylic acids is 1. The molecule has 1 aliphatic heterocycles. The number of thiocarbonyl (C=S) groups is 1. The fourth-order valence-electron chi connectivity index (χ4n) is 3.57. The number of esters is 1. The smallest absolute Gasteiger partial charge is 0.338 e. The van der Waals surface area contributed by atoms with Crippen LogP contribution >= 0.6 is 35.3 Å². The lowest BCUT2D eigenvalue weighted by Gasteiger charge is -2.30. The largest absolute Gasteiger partial charge is 0.496 e. The van der Waals surface area contributed by atoms with Crippen LogP contribution in [0.2, 0.25) is 0 Å². The van der Waals surface area contributed by atoms with Crippen molar-refractivity contribution in [2.45, 2.75) is 30.0 Å². The molecule has 1 aromatic heterocycles. The Hall–Kier alpha value is -2.62. The van der Waals surface area contributed by atoms with Crippen molar-refractivity contribution in [2.24, 2.45) is 0 Å². The average Bonchev–Trinajstić information content (AvgIpc) is 3.20. The summed E-state index contributed by atoms with van der Waals surface area (Å²) < 4.78 is 13.1. The van der Waals surface area contributed by atoms with Gasteiger partial charge in [-0.2, -0.15) is 0 Å². The molecule has 0 saturated carbocycles. The number of rotatable bonds is 7. The van der Waals surface area contributed by atoms with Crippen LogP contribution in [0, 0.1) is 0 Å². The summed E-state index contributed by atoms with van der Waals surface area (Å²) in [6.45, 7) is 3.93. The fourth-order valence-corrected chi connectivity index (χ4v) is 5.88. The van der Waals surface area contributed by atoms with E-state index in [1.54, 1.807) is 37.1 Å². The Labute approximate surface area is 200 Å². The standard InChI is InChI=1S/C23H23N3O3S3/c1-4-29-21(27)19-13(2)24-22(30)26-20(19)14-9-10-17(28-3)15(11-14)12-31-23-25-16-7-5-6-8-18(16)32-23/h5-11,20H,4,12H2,1-3H3,(H2,24,26,30)/t20-/m1/s1. The number of carbonyl (C=O) groups is 1. The van der Waals surface area contributed by atoms with Crippen LogP contribution in [0.25, 0.3) is 10.2 Å². The summed E-state index contributed by atoms with van der Waals surface area (Å²) >= 11 is 8.69. The van der Waals surface area contributed by atoms with Crippen molar-refractivity contribution in [3.8, 4) is 5.75 Å². The first-order valence-corrected chi connectivity index (χ1v) is 12.3. The number of hydrogen-bond donors (Lipinski definition) is 2. The molecule has 3 aromatic rings. The molecule has 166 valence electrons. The van der Waals surface area contributed by atoms with E-state index in [2.05, 4.69) is 22.8 Å². The Morgan fingerprint density at radius 1 is 1.28 bits per heavy atom. The molecule has 2 N–H and O–H groups in total. The van der Waals surface area contributed by atoms with Crippen molar-refractivity contribution in [2.75, 3.05) is 13.7 Å². The quantitative estimate of drug-likeness (QED) is 0.277. The van der Waals surface area contributed by atoms with Crippen LogP contribution in [-0.2, 0) is 15.3 Å². The Bertz CT molecular complexity index is 1170. The van der Waals surface area contributed by atoms with E-state index in [0.29, 0.717) is 28.7 Å². The Morgan fingerprint density at radius 2 is 2.09 bits per heavy atom. The lowest BCUT2D eigenvalue weighted by Crippen LogP contribution is -2.45. The van der Waals surface area contributed by atoms with Gasteiger partial charge < -0.3 is 20.1 Å². The molecule has 1 aliphatic rings. The van der Waals surface area contributed by atoms with Gasteiger partial charge in [0.2, 0.25) is 0 Å². The predicted octanol–water partition coefficient (Wildman–Crippen LogP) is 4.95. The zero-order chi connectivity index (χ0) is 22.7. The lowest BCUT2D eigenvalue weighted by molar-refractivity contribution is -0.139. The van der Waals surface area contributed by atoms with Gasteiger partial charge in [0, 0.05) is 17.0 Å². The van der Waals surface area contributed by atoms with E-state index in [0.717, 1.165) is 26.7 Å². The molecule has 0 spiro atoms. The van der Waals surface area contributed by atoms with E-state index in [1.165, 1.54) is 4.70 Å². The molecular formula is C23H23N3O3S3. The van der Waals surface area contributed by atoms with E-state index < -0.39 is 6.04 Å². The molecule has 0 amide bonds. The summed E-state index contributed by atoms with van der Waals surface area (Å²) in [5, 5.41) is 6.71. The predicted molar refractivity (Wildman–Crippen MR) is 133 cm³/mol. The summed E-state index contributed by atoms with van der Waals surface area (Å²) in [5.41, 5.74) is 4.15. The lowest BCUT2D eigenvalue weighted by atomic mass is 9.94. The molecule has 2 heterocycles. The minimum Gasteiger partial charge on any atom is -0.496 e. The molecule has 9 heteroatoms. The third kappa shape index (κ3) is 4.74. The first-order chi connectivity index (χ1) is 15.5. The Kier molecular flexibility index (Phi) is 6.98. The average molecular weight is 486 g/mol. The number of allylic oxidation sites excluding steroid dienone is 1. The number of benzene rings is 2. The van der Waals surface area contributed by atoms with Gasteiger partial charge in [-0.15, -0.1) is 11.3 Å². The zero-order valence-electron chi connectivity index (χ0n) is 17.9. The number of fused-ring (bicyclic) bond motifs is 1. The van der Waals surface area contributed by atoms with Gasteiger partial charge in [-0.3, -0.25) is 0 Å². The summed E-state index contributed by atoms with van der Waals surface area (Å²) in [4.78, 5) is 17.4. The number of aromatic nitrogens is 1. The number of nitrogens with zero attached hydrogens (tertiary/aromatic N) is 1. The van der Waals surface area contributed by atoms with Gasteiger partial charge in [0.15, 0.2) is 9.45 Å². The molecule has 0 aliphatic carbocycles. The maximum atomic E-state index is 12.7. The number of para-hydroxylation sites is 1. The second-order valence-corrected chi connectivity index (χ2v) is 9.76. The first kappa shape index (κ1) is 22.6. The number of nitrogens with one attached hydrogen (secondary N) is 2. The van der Waals surface area contributed by atoms with Gasteiger partial charge >= 0.3 is 5.97 Å². The maximum absolute atomic E-state index is 12.7. The summed E-state index contributed by atoms with van der Waals surface area (Å²) in [6.07, 6.45) is 0. The summed E-state index contributed by atoms with van der Waals surface area (Å²) in [5.74, 6) is 1.11. The van der Waals surface area contributed by atoms with Gasteiger partial charge in [0.05, 0.1) is 35.5 Å². The molecule has 0 fully saturated rings. The summed E-state index contributed by atoms with van der Waals surface area (Å²) in [6, 6.07) is 13.6. The third-order valence-corrected chi connectivity index (χ3v) is 7.48.